The van der Waals surface area contributed by atoms with Crippen molar-refractivity contribution in [2.75, 3.05) is 6.54 Å². The van der Waals surface area contributed by atoms with Crippen LogP contribution in [0.1, 0.15) is 30.8 Å². The standard InChI is InChI=1S/C20H22N4O/c1-15(2)13-14-21-20(25)18-19(16-9-5-3-6-10-16)24(23-22-18)17-11-7-4-8-12-17/h3-12,15H,13-14H2,1-2H3,(H,21,25). The lowest BCUT2D eigenvalue weighted by molar-refractivity contribution is 0.0947. The minimum atomic E-state index is -0.193. The Morgan fingerprint density at radius 1 is 1.04 bits per heavy atom. The first-order valence-corrected chi connectivity index (χ1v) is 8.51. The third kappa shape index (κ3) is 3.94. The van der Waals surface area contributed by atoms with Gasteiger partial charge in [-0.05, 0) is 24.5 Å². The summed E-state index contributed by atoms with van der Waals surface area (Å²) in [6.07, 6.45) is 0.930. The molecular formula is C20H22N4O. The molecular weight excluding hydrogens is 312 g/mol. The fourth-order valence-electron chi connectivity index (χ4n) is 2.60. The highest BCUT2D eigenvalue weighted by Crippen LogP contribution is 2.25. The van der Waals surface area contributed by atoms with Crippen LogP contribution in [-0.2, 0) is 0 Å². The minimum Gasteiger partial charge on any atom is -0.351 e. The molecule has 128 valence electrons. The van der Waals surface area contributed by atoms with Crippen LogP contribution in [0, 0.1) is 5.92 Å². The number of hydrogen-bond donors (Lipinski definition) is 1. The van der Waals surface area contributed by atoms with E-state index >= 15 is 0 Å². The molecule has 0 aliphatic carbocycles. The van der Waals surface area contributed by atoms with Gasteiger partial charge in [-0.1, -0.05) is 67.6 Å². The maximum Gasteiger partial charge on any atom is 0.274 e. The van der Waals surface area contributed by atoms with Crippen LogP contribution in [0.25, 0.3) is 16.9 Å². The molecule has 1 aromatic heterocycles. The summed E-state index contributed by atoms with van der Waals surface area (Å²) in [6.45, 7) is 4.89. The lowest BCUT2D eigenvalue weighted by atomic mass is 10.1. The monoisotopic (exact) mass is 334 g/mol. The summed E-state index contributed by atoms with van der Waals surface area (Å²) in [6, 6.07) is 19.5. The van der Waals surface area contributed by atoms with Gasteiger partial charge >= 0.3 is 0 Å². The highest BCUT2D eigenvalue weighted by Gasteiger charge is 2.21. The second-order valence-electron chi connectivity index (χ2n) is 6.34. The van der Waals surface area contributed by atoms with Crippen LogP contribution < -0.4 is 5.32 Å². The smallest absolute Gasteiger partial charge is 0.274 e. The molecule has 0 saturated carbocycles. The van der Waals surface area contributed by atoms with Gasteiger partial charge in [-0.25, -0.2) is 4.68 Å². The van der Waals surface area contributed by atoms with Crippen molar-refractivity contribution in [1.82, 2.24) is 20.3 Å². The van der Waals surface area contributed by atoms with E-state index in [9.17, 15) is 4.79 Å². The van der Waals surface area contributed by atoms with Crippen molar-refractivity contribution in [3.8, 4) is 16.9 Å². The summed E-state index contributed by atoms with van der Waals surface area (Å²) in [7, 11) is 0. The molecule has 0 saturated heterocycles. The minimum absolute atomic E-state index is 0.193. The van der Waals surface area contributed by atoms with Gasteiger partial charge in [-0.3, -0.25) is 4.79 Å². The van der Waals surface area contributed by atoms with Gasteiger partial charge in [0.05, 0.1) is 5.69 Å². The van der Waals surface area contributed by atoms with Crippen LogP contribution in [0.3, 0.4) is 0 Å². The summed E-state index contributed by atoms with van der Waals surface area (Å²) >= 11 is 0. The third-order valence-electron chi connectivity index (χ3n) is 3.94. The Balaban J connectivity index is 1.99. The third-order valence-corrected chi connectivity index (χ3v) is 3.94. The molecule has 1 N–H and O–H groups in total. The first-order chi connectivity index (χ1) is 12.2. The second-order valence-corrected chi connectivity index (χ2v) is 6.34. The van der Waals surface area contributed by atoms with Crippen molar-refractivity contribution >= 4 is 5.91 Å². The zero-order chi connectivity index (χ0) is 17.6. The maximum atomic E-state index is 12.6. The topological polar surface area (TPSA) is 59.8 Å². The Morgan fingerprint density at radius 2 is 1.68 bits per heavy atom. The zero-order valence-corrected chi connectivity index (χ0v) is 14.5. The normalized spacial score (nSPS) is 10.8. The predicted molar refractivity (Wildman–Crippen MR) is 98.6 cm³/mol. The van der Waals surface area contributed by atoms with Gasteiger partial charge in [0.15, 0.2) is 5.69 Å². The molecule has 3 aromatic rings. The first kappa shape index (κ1) is 16.9. The number of amides is 1. The average Bonchev–Trinajstić information content (AvgIpc) is 3.08. The van der Waals surface area contributed by atoms with Gasteiger partial charge in [-0.15, -0.1) is 5.10 Å². The van der Waals surface area contributed by atoms with Crippen molar-refractivity contribution in [3.63, 3.8) is 0 Å². The summed E-state index contributed by atoms with van der Waals surface area (Å²) in [5.74, 6) is 0.343. The van der Waals surface area contributed by atoms with Gasteiger partial charge in [-0.2, -0.15) is 0 Å². The SMILES string of the molecule is CC(C)CCNC(=O)c1nnn(-c2ccccc2)c1-c1ccccc1. The summed E-state index contributed by atoms with van der Waals surface area (Å²) < 4.78 is 1.71. The van der Waals surface area contributed by atoms with Gasteiger partial charge in [0.1, 0.15) is 5.69 Å². The fourth-order valence-corrected chi connectivity index (χ4v) is 2.60. The highest BCUT2D eigenvalue weighted by atomic mass is 16.2. The van der Waals surface area contributed by atoms with E-state index in [0.717, 1.165) is 17.7 Å². The first-order valence-electron chi connectivity index (χ1n) is 8.51. The molecule has 0 fully saturated rings. The molecule has 0 aliphatic heterocycles. The second kappa shape index (κ2) is 7.75. The van der Waals surface area contributed by atoms with Crippen LogP contribution >= 0.6 is 0 Å². The molecule has 5 nitrogen and oxygen atoms in total. The van der Waals surface area contributed by atoms with Gasteiger partial charge in [0.2, 0.25) is 0 Å². The average molecular weight is 334 g/mol. The largest absolute Gasteiger partial charge is 0.351 e. The molecule has 3 rings (SSSR count). The highest BCUT2D eigenvalue weighted by molar-refractivity contribution is 5.98. The van der Waals surface area contributed by atoms with Crippen molar-refractivity contribution in [3.05, 3.63) is 66.4 Å². The van der Waals surface area contributed by atoms with Crippen molar-refractivity contribution in [1.29, 1.82) is 0 Å². The van der Waals surface area contributed by atoms with E-state index in [1.807, 2.05) is 60.7 Å². The molecule has 0 aliphatic rings. The van der Waals surface area contributed by atoms with Gasteiger partial charge in [0, 0.05) is 12.1 Å². The lowest BCUT2D eigenvalue weighted by Gasteiger charge is -2.09. The number of aromatic nitrogens is 3. The molecule has 25 heavy (non-hydrogen) atoms. The number of rotatable bonds is 6. The Morgan fingerprint density at radius 3 is 2.32 bits per heavy atom. The number of hydrogen-bond acceptors (Lipinski definition) is 3. The quantitative estimate of drug-likeness (QED) is 0.747. The summed E-state index contributed by atoms with van der Waals surface area (Å²) in [4.78, 5) is 12.6. The van der Waals surface area contributed by atoms with Crippen LogP contribution in [0.2, 0.25) is 0 Å². The molecule has 2 aromatic carbocycles. The Kier molecular flexibility index (Phi) is 5.23. The van der Waals surface area contributed by atoms with Crippen molar-refractivity contribution in [2.45, 2.75) is 20.3 Å². The van der Waals surface area contributed by atoms with Crippen LogP contribution in [-0.4, -0.2) is 27.4 Å². The van der Waals surface area contributed by atoms with Gasteiger partial charge in [0.25, 0.3) is 5.91 Å². The number of nitrogens with one attached hydrogen (secondary N) is 1. The number of benzene rings is 2. The fraction of sp³-hybridized carbons (Fsp3) is 0.250. The van der Waals surface area contributed by atoms with Crippen LogP contribution in [0.4, 0.5) is 0 Å². The molecule has 1 amide bonds. The maximum absolute atomic E-state index is 12.6. The molecule has 5 heteroatoms. The molecule has 1 heterocycles. The Labute approximate surface area is 147 Å². The molecule has 0 bridgehead atoms. The lowest BCUT2D eigenvalue weighted by Crippen LogP contribution is -2.26. The van der Waals surface area contributed by atoms with E-state index in [0.29, 0.717) is 23.9 Å². The predicted octanol–water partition coefficient (Wildman–Crippen LogP) is 3.71. The number of nitrogens with zero attached hydrogens (tertiary/aromatic N) is 3. The molecule has 0 radical (unpaired) electrons. The van der Waals surface area contributed by atoms with Gasteiger partial charge < -0.3 is 5.32 Å². The number of para-hydroxylation sites is 1. The Hall–Kier alpha value is -2.95. The number of carbonyl (C=O) groups excluding carboxylic acids is 1. The van der Waals surface area contributed by atoms with Crippen molar-refractivity contribution in [2.24, 2.45) is 5.92 Å². The van der Waals surface area contributed by atoms with Crippen molar-refractivity contribution < 1.29 is 4.79 Å². The molecule has 0 unspecified atom stereocenters. The zero-order valence-electron chi connectivity index (χ0n) is 14.5. The van der Waals surface area contributed by atoms with E-state index < -0.39 is 0 Å². The van der Waals surface area contributed by atoms with E-state index in [4.69, 9.17) is 0 Å². The van der Waals surface area contributed by atoms with E-state index in [2.05, 4.69) is 29.5 Å². The van der Waals surface area contributed by atoms with E-state index in [1.165, 1.54) is 0 Å². The van der Waals surface area contributed by atoms with Crippen LogP contribution in [0.5, 0.6) is 0 Å². The van der Waals surface area contributed by atoms with E-state index in [1.54, 1.807) is 4.68 Å². The van der Waals surface area contributed by atoms with E-state index in [-0.39, 0.29) is 5.91 Å². The summed E-state index contributed by atoms with van der Waals surface area (Å²) in [5, 5.41) is 11.4. The number of carbonyl (C=O) groups is 1. The van der Waals surface area contributed by atoms with Crippen LogP contribution in [0.15, 0.2) is 60.7 Å². The molecule has 0 atom stereocenters. The summed E-state index contributed by atoms with van der Waals surface area (Å²) in [5.41, 5.74) is 2.83. The Bertz CT molecular complexity index is 825. The molecule has 0 spiro atoms.